The molecule has 0 aromatic heterocycles. The van der Waals surface area contributed by atoms with Crippen molar-refractivity contribution < 1.29 is 4.74 Å². The molecule has 0 heterocycles. The Kier molecular flexibility index (Phi) is 2.55. The third kappa shape index (κ3) is 1.99. The number of ether oxygens (including phenoxy) is 1. The molecule has 9 heavy (non-hydrogen) atoms. The van der Waals surface area contributed by atoms with Gasteiger partial charge in [-0.25, -0.2) is 0 Å². The lowest BCUT2D eigenvalue weighted by Crippen LogP contribution is -2.14. The van der Waals surface area contributed by atoms with Gasteiger partial charge in [-0.2, -0.15) is 0 Å². The molecule has 0 aliphatic heterocycles. The maximum Gasteiger partial charge on any atom is 0.0753 e. The van der Waals surface area contributed by atoms with Gasteiger partial charge in [0.15, 0.2) is 0 Å². The summed E-state index contributed by atoms with van der Waals surface area (Å²) >= 11 is 5.80. The molecule has 52 valence electrons. The van der Waals surface area contributed by atoms with Crippen LogP contribution in [0.4, 0.5) is 0 Å². The fraction of sp³-hybridized carbons (Fsp3) is 0.714. The van der Waals surface area contributed by atoms with Gasteiger partial charge in [-0.3, -0.25) is 0 Å². The molecule has 0 saturated heterocycles. The highest BCUT2D eigenvalue weighted by atomic mass is 35.5. The second-order valence-corrected chi connectivity index (χ2v) is 2.81. The first-order valence-electron chi connectivity index (χ1n) is 3.18. The van der Waals surface area contributed by atoms with Crippen LogP contribution in [0.15, 0.2) is 12.2 Å². The lowest BCUT2D eigenvalue weighted by molar-refractivity contribution is 0.128. The Balaban J connectivity index is 2.38. The molecule has 1 aliphatic carbocycles. The standard InChI is InChI=1S/C7H11ClO/c1-9-7-4-2-6(8)3-5-7/h2,4,6-7H,3,5H2,1H3/t6-,7+/m0/s1. The zero-order valence-electron chi connectivity index (χ0n) is 5.51. The highest BCUT2D eigenvalue weighted by Crippen LogP contribution is 2.17. The van der Waals surface area contributed by atoms with E-state index in [1.807, 2.05) is 12.2 Å². The summed E-state index contributed by atoms with van der Waals surface area (Å²) in [6.07, 6.45) is 6.43. The van der Waals surface area contributed by atoms with E-state index < -0.39 is 0 Å². The number of allylic oxidation sites excluding steroid dienone is 1. The Labute approximate surface area is 60.7 Å². The maximum atomic E-state index is 5.80. The predicted octanol–water partition coefficient (Wildman–Crippen LogP) is 1.96. The van der Waals surface area contributed by atoms with Gasteiger partial charge >= 0.3 is 0 Å². The van der Waals surface area contributed by atoms with Crippen molar-refractivity contribution in [2.24, 2.45) is 0 Å². The maximum absolute atomic E-state index is 5.80. The molecule has 0 bridgehead atoms. The van der Waals surface area contributed by atoms with Crippen molar-refractivity contribution in [3.63, 3.8) is 0 Å². The molecule has 0 spiro atoms. The van der Waals surface area contributed by atoms with Crippen molar-refractivity contribution in [2.45, 2.75) is 24.3 Å². The Morgan fingerprint density at radius 3 is 2.67 bits per heavy atom. The number of alkyl halides is 1. The number of hydrogen-bond acceptors (Lipinski definition) is 1. The van der Waals surface area contributed by atoms with E-state index >= 15 is 0 Å². The highest BCUT2D eigenvalue weighted by Gasteiger charge is 2.11. The molecule has 0 N–H and O–H groups in total. The van der Waals surface area contributed by atoms with Crippen molar-refractivity contribution in [3.8, 4) is 0 Å². The molecule has 0 fully saturated rings. The van der Waals surface area contributed by atoms with Gasteiger partial charge < -0.3 is 4.74 Å². The van der Waals surface area contributed by atoms with Gasteiger partial charge in [-0.05, 0) is 12.8 Å². The summed E-state index contributed by atoms with van der Waals surface area (Å²) in [5.74, 6) is 0. The zero-order valence-corrected chi connectivity index (χ0v) is 6.27. The van der Waals surface area contributed by atoms with E-state index in [0.717, 1.165) is 12.8 Å². The Morgan fingerprint density at radius 1 is 1.44 bits per heavy atom. The summed E-state index contributed by atoms with van der Waals surface area (Å²) in [6.45, 7) is 0. The van der Waals surface area contributed by atoms with Crippen LogP contribution in [0.3, 0.4) is 0 Å². The first kappa shape index (κ1) is 7.10. The third-order valence-corrected chi connectivity index (χ3v) is 1.93. The molecule has 2 heteroatoms. The third-order valence-electron chi connectivity index (χ3n) is 1.56. The Morgan fingerprint density at radius 2 is 2.22 bits per heavy atom. The highest BCUT2D eigenvalue weighted by molar-refractivity contribution is 6.21. The van der Waals surface area contributed by atoms with Gasteiger partial charge in [-0.1, -0.05) is 12.2 Å². The molecular formula is C7H11ClO. The molecule has 0 aromatic carbocycles. The lowest BCUT2D eigenvalue weighted by atomic mass is 10.1. The van der Waals surface area contributed by atoms with Crippen molar-refractivity contribution in [1.82, 2.24) is 0 Å². The van der Waals surface area contributed by atoms with Crippen molar-refractivity contribution >= 4 is 11.6 Å². The van der Waals surface area contributed by atoms with Crippen LogP contribution in [0, 0.1) is 0 Å². The molecule has 1 aliphatic rings. The van der Waals surface area contributed by atoms with Crippen molar-refractivity contribution in [2.75, 3.05) is 7.11 Å². The molecule has 1 rings (SSSR count). The predicted molar refractivity (Wildman–Crippen MR) is 38.8 cm³/mol. The van der Waals surface area contributed by atoms with Gasteiger partial charge in [0.2, 0.25) is 0 Å². The van der Waals surface area contributed by atoms with Crippen LogP contribution in [0.2, 0.25) is 0 Å². The minimum atomic E-state index is 0.233. The number of hydrogen-bond donors (Lipinski definition) is 0. The molecule has 1 nitrogen and oxygen atoms in total. The topological polar surface area (TPSA) is 9.23 Å². The summed E-state index contributed by atoms with van der Waals surface area (Å²) in [5.41, 5.74) is 0. The second-order valence-electron chi connectivity index (χ2n) is 2.25. The summed E-state index contributed by atoms with van der Waals surface area (Å²) in [4.78, 5) is 0. The van der Waals surface area contributed by atoms with Gasteiger partial charge in [-0.15, -0.1) is 11.6 Å². The number of rotatable bonds is 1. The fourth-order valence-corrected chi connectivity index (χ4v) is 1.17. The Hall–Kier alpha value is -0.0100. The molecule has 0 amide bonds. The largest absolute Gasteiger partial charge is 0.377 e. The van der Waals surface area contributed by atoms with Crippen LogP contribution in [0.5, 0.6) is 0 Å². The van der Waals surface area contributed by atoms with E-state index in [1.165, 1.54) is 0 Å². The summed E-state index contributed by atoms with van der Waals surface area (Å²) in [5, 5.41) is 0.233. The summed E-state index contributed by atoms with van der Waals surface area (Å²) in [6, 6.07) is 0. The van der Waals surface area contributed by atoms with Crippen LogP contribution >= 0.6 is 11.6 Å². The van der Waals surface area contributed by atoms with Crippen LogP contribution in [-0.2, 0) is 4.74 Å². The average Bonchev–Trinajstić information content (AvgIpc) is 1.90. The van der Waals surface area contributed by atoms with E-state index in [-0.39, 0.29) is 5.38 Å². The van der Waals surface area contributed by atoms with Gasteiger partial charge in [0, 0.05) is 7.11 Å². The number of halogens is 1. The van der Waals surface area contributed by atoms with Gasteiger partial charge in [0.25, 0.3) is 0 Å². The molecular weight excluding hydrogens is 136 g/mol. The quantitative estimate of drug-likeness (QED) is 0.406. The summed E-state index contributed by atoms with van der Waals surface area (Å²) in [7, 11) is 1.73. The van der Waals surface area contributed by atoms with Crippen molar-refractivity contribution in [1.29, 1.82) is 0 Å². The Bertz CT molecular complexity index is 111. The SMILES string of the molecule is CO[C@@H]1C=C[C@H](Cl)CC1. The smallest absolute Gasteiger partial charge is 0.0753 e. The first-order chi connectivity index (χ1) is 4.33. The van der Waals surface area contributed by atoms with E-state index in [4.69, 9.17) is 16.3 Å². The van der Waals surface area contributed by atoms with Crippen LogP contribution < -0.4 is 0 Å². The summed E-state index contributed by atoms with van der Waals surface area (Å²) < 4.78 is 5.09. The molecule has 0 unspecified atom stereocenters. The fourth-order valence-electron chi connectivity index (χ4n) is 0.957. The van der Waals surface area contributed by atoms with Crippen LogP contribution in [0.1, 0.15) is 12.8 Å². The van der Waals surface area contributed by atoms with E-state index in [1.54, 1.807) is 7.11 Å². The first-order valence-corrected chi connectivity index (χ1v) is 3.62. The van der Waals surface area contributed by atoms with Gasteiger partial charge in [0.1, 0.15) is 0 Å². The second kappa shape index (κ2) is 3.23. The molecule has 0 radical (unpaired) electrons. The number of methoxy groups -OCH3 is 1. The van der Waals surface area contributed by atoms with E-state index in [2.05, 4.69) is 0 Å². The monoisotopic (exact) mass is 146 g/mol. The van der Waals surface area contributed by atoms with Crippen LogP contribution in [0.25, 0.3) is 0 Å². The van der Waals surface area contributed by atoms with Gasteiger partial charge in [0.05, 0.1) is 11.5 Å². The molecule has 0 aromatic rings. The zero-order chi connectivity index (χ0) is 6.69. The average molecular weight is 147 g/mol. The normalized spacial score (nSPS) is 34.9. The van der Waals surface area contributed by atoms with E-state index in [9.17, 15) is 0 Å². The molecule has 0 saturated carbocycles. The van der Waals surface area contributed by atoms with E-state index in [0.29, 0.717) is 6.10 Å². The lowest BCUT2D eigenvalue weighted by Gasteiger charge is -2.16. The van der Waals surface area contributed by atoms with Crippen LogP contribution in [-0.4, -0.2) is 18.6 Å². The minimum absolute atomic E-state index is 0.233. The van der Waals surface area contributed by atoms with Crippen molar-refractivity contribution in [3.05, 3.63) is 12.2 Å². The molecule has 2 atom stereocenters. The minimum Gasteiger partial charge on any atom is -0.377 e.